The van der Waals surface area contributed by atoms with Crippen LogP contribution >= 0.6 is 0 Å². The maximum atomic E-state index is 5.03. The minimum absolute atomic E-state index is 0.484. The van der Waals surface area contributed by atoms with Gasteiger partial charge in [0.25, 0.3) is 0 Å². The number of ether oxygens (including phenoxy) is 1. The molecule has 0 aliphatic carbocycles. The monoisotopic (exact) mass is 239 g/mol. The van der Waals surface area contributed by atoms with Crippen LogP contribution in [0.2, 0.25) is 0 Å². The van der Waals surface area contributed by atoms with Crippen LogP contribution in [-0.4, -0.2) is 29.8 Å². The second-order valence-corrected chi connectivity index (χ2v) is 4.39. The van der Waals surface area contributed by atoms with Gasteiger partial charge in [0.05, 0.1) is 6.61 Å². The Morgan fingerprint density at radius 1 is 1.41 bits per heavy atom. The summed E-state index contributed by atoms with van der Waals surface area (Å²) in [5.41, 5.74) is 0. The van der Waals surface area contributed by atoms with E-state index in [1.165, 1.54) is 12.8 Å². The Labute approximate surface area is 104 Å². The zero-order valence-electron chi connectivity index (χ0n) is 11.4. The van der Waals surface area contributed by atoms with Crippen molar-refractivity contribution in [3.63, 3.8) is 0 Å². The Bertz CT molecular complexity index is 307. The molecule has 1 N–H and O–H groups in total. The fraction of sp³-hybridized carbons (Fsp3) is 0.769. The van der Waals surface area contributed by atoms with Gasteiger partial charge in [-0.3, -0.25) is 0 Å². The van der Waals surface area contributed by atoms with Crippen LogP contribution in [0.15, 0.2) is 12.4 Å². The molecule has 0 saturated carbocycles. The number of hydrogen-bond acceptors (Lipinski definition) is 3. The van der Waals surface area contributed by atoms with Crippen molar-refractivity contribution in [1.29, 1.82) is 0 Å². The summed E-state index contributed by atoms with van der Waals surface area (Å²) in [6.45, 7) is 8.26. The van der Waals surface area contributed by atoms with Crippen molar-refractivity contribution in [2.75, 3.05) is 25.6 Å². The predicted molar refractivity (Wildman–Crippen MR) is 71.4 cm³/mol. The molecule has 0 aromatic carbocycles. The lowest BCUT2D eigenvalue weighted by Gasteiger charge is -2.24. The molecule has 1 heterocycles. The first kappa shape index (κ1) is 14.0. The van der Waals surface area contributed by atoms with E-state index >= 15 is 0 Å². The zero-order valence-corrected chi connectivity index (χ0v) is 11.4. The van der Waals surface area contributed by atoms with E-state index in [2.05, 4.69) is 41.8 Å². The Morgan fingerprint density at radius 3 is 2.71 bits per heavy atom. The van der Waals surface area contributed by atoms with Crippen LogP contribution in [-0.2, 0) is 4.74 Å². The lowest BCUT2D eigenvalue weighted by molar-refractivity contribution is 0.210. The molecular weight excluding hydrogens is 214 g/mol. The maximum absolute atomic E-state index is 5.03. The molecule has 0 spiro atoms. The summed E-state index contributed by atoms with van der Waals surface area (Å²) < 4.78 is 7.26. The number of aromatic nitrogens is 2. The molecule has 4 heteroatoms. The Morgan fingerprint density at radius 2 is 2.12 bits per heavy atom. The summed E-state index contributed by atoms with van der Waals surface area (Å²) >= 11 is 0. The average Bonchev–Trinajstić information content (AvgIpc) is 2.79. The van der Waals surface area contributed by atoms with Crippen LogP contribution in [0.1, 0.15) is 39.7 Å². The van der Waals surface area contributed by atoms with E-state index in [4.69, 9.17) is 4.74 Å². The van der Waals surface area contributed by atoms with Crippen molar-refractivity contribution < 1.29 is 4.74 Å². The highest BCUT2D eigenvalue weighted by Crippen LogP contribution is 2.26. The van der Waals surface area contributed by atoms with E-state index in [9.17, 15) is 0 Å². The molecule has 0 aliphatic rings. The SMILES string of the molecule is CCC(CC)C(C)n1ccnc1NCCOC. The molecule has 0 amide bonds. The third kappa shape index (κ3) is 3.73. The van der Waals surface area contributed by atoms with Crippen LogP contribution < -0.4 is 5.32 Å². The minimum Gasteiger partial charge on any atom is -0.383 e. The molecule has 0 saturated heterocycles. The fourth-order valence-electron chi connectivity index (χ4n) is 2.24. The van der Waals surface area contributed by atoms with Gasteiger partial charge in [-0.1, -0.05) is 26.7 Å². The normalized spacial score (nSPS) is 13.0. The molecule has 1 aromatic rings. The quantitative estimate of drug-likeness (QED) is 0.709. The van der Waals surface area contributed by atoms with Crippen molar-refractivity contribution in [3.8, 4) is 0 Å². The topological polar surface area (TPSA) is 39.1 Å². The summed E-state index contributed by atoms with van der Waals surface area (Å²) in [6, 6.07) is 0.484. The number of nitrogens with zero attached hydrogens (tertiary/aromatic N) is 2. The van der Waals surface area contributed by atoms with E-state index in [0.29, 0.717) is 18.6 Å². The van der Waals surface area contributed by atoms with Gasteiger partial charge in [-0.25, -0.2) is 4.98 Å². The third-order valence-electron chi connectivity index (χ3n) is 3.43. The average molecular weight is 239 g/mol. The van der Waals surface area contributed by atoms with Gasteiger partial charge in [-0.05, 0) is 12.8 Å². The van der Waals surface area contributed by atoms with E-state index in [0.717, 1.165) is 12.5 Å². The lowest BCUT2D eigenvalue weighted by Crippen LogP contribution is -2.19. The van der Waals surface area contributed by atoms with Gasteiger partial charge in [0.2, 0.25) is 5.95 Å². The van der Waals surface area contributed by atoms with Gasteiger partial charge in [-0.15, -0.1) is 0 Å². The zero-order chi connectivity index (χ0) is 12.7. The van der Waals surface area contributed by atoms with Crippen LogP contribution in [0.5, 0.6) is 0 Å². The highest BCUT2D eigenvalue weighted by molar-refractivity contribution is 5.26. The number of anilines is 1. The standard InChI is InChI=1S/C13H25N3O/c1-5-12(6-2)11(3)16-9-7-14-13(16)15-8-10-17-4/h7,9,11-12H,5-6,8,10H2,1-4H3,(H,14,15). The van der Waals surface area contributed by atoms with Crippen molar-refractivity contribution in [2.45, 2.75) is 39.7 Å². The summed E-state index contributed by atoms with van der Waals surface area (Å²) in [7, 11) is 1.71. The van der Waals surface area contributed by atoms with E-state index < -0.39 is 0 Å². The Hall–Kier alpha value is -1.03. The van der Waals surface area contributed by atoms with Crippen LogP contribution in [0.4, 0.5) is 5.95 Å². The molecule has 1 aromatic heterocycles. The summed E-state index contributed by atoms with van der Waals surface area (Å²) in [5, 5.41) is 3.30. The van der Waals surface area contributed by atoms with Gasteiger partial charge in [0.1, 0.15) is 0 Å². The largest absolute Gasteiger partial charge is 0.383 e. The highest BCUT2D eigenvalue weighted by Gasteiger charge is 2.17. The first-order valence-corrected chi connectivity index (χ1v) is 6.50. The summed E-state index contributed by atoms with van der Waals surface area (Å²) in [4.78, 5) is 4.36. The molecule has 1 rings (SSSR count). The van der Waals surface area contributed by atoms with Crippen LogP contribution in [0.3, 0.4) is 0 Å². The van der Waals surface area contributed by atoms with Crippen LogP contribution in [0.25, 0.3) is 0 Å². The van der Waals surface area contributed by atoms with Gasteiger partial charge in [0, 0.05) is 32.1 Å². The van der Waals surface area contributed by atoms with Crippen molar-refractivity contribution in [3.05, 3.63) is 12.4 Å². The van der Waals surface area contributed by atoms with Gasteiger partial charge < -0.3 is 14.6 Å². The Kier molecular flexibility index (Phi) is 6.05. The molecular formula is C13H25N3O. The molecule has 0 fully saturated rings. The van der Waals surface area contributed by atoms with Gasteiger partial charge in [0.15, 0.2) is 0 Å². The van der Waals surface area contributed by atoms with Crippen molar-refractivity contribution >= 4 is 5.95 Å². The molecule has 1 atom stereocenters. The van der Waals surface area contributed by atoms with E-state index in [1.54, 1.807) is 7.11 Å². The molecule has 1 unspecified atom stereocenters. The first-order chi connectivity index (χ1) is 8.24. The molecule has 0 aliphatic heterocycles. The molecule has 0 bridgehead atoms. The summed E-state index contributed by atoms with van der Waals surface area (Å²) in [6.07, 6.45) is 6.31. The highest BCUT2D eigenvalue weighted by atomic mass is 16.5. The van der Waals surface area contributed by atoms with Gasteiger partial charge >= 0.3 is 0 Å². The molecule has 0 radical (unpaired) electrons. The lowest BCUT2D eigenvalue weighted by atomic mass is 9.95. The second kappa shape index (κ2) is 7.33. The number of imidazole rings is 1. The maximum Gasteiger partial charge on any atom is 0.203 e. The van der Waals surface area contributed by atoms with Gasteiger partial charge in [-0.2, -0.15) is 0 Å². The van der Waals surface area contributed by atoms with E-state index in [1.807, 2.05) is 6.20 Å². The predicted octanol–water partition coefficient (Wildman–Crippen LogP) is 2.94. The first-order valence-electron chi connectivity index (χ1n) is 6.50. The van der Waals surface area contributed by atoms with E-state index in [-0.39, 0.29) is 0 Å². The minimum atomic E-state index is 0.484. The van der Waals surface area contributed by atoms with Crippen LogP contribution in [0, 0.1) is 5.92 Å². The fourth-order valence-corrected chi connectivity index (χ4v) is 2.24. The molecule has 98 valence electrons. The molecule has 17 heavy (non-hydrogen) atoms. The Balaban J connectivity index is 2.66. The van der Waals surface area contributed by atoms with Crippen molar-refractivity contribution in [2.24, 2.45) is 5.92 Å². The second-order valence-electron chi connectivity index (χ2n) is 4.39. The number of rotatable bonds is 8. The number of methoxy groups -OCH3 is 1. The smallest absolute Gasteiger partial charge is 0.203 e. The van der Waals surface area contributed by atoms with Crippen molar-refractivity contribution in [1.82, 2.24) is 9.55 Å². The number of hydrogen-bond donors (Lipinski definition) is 1. The summed E-state index contributed by atoms with van der Waals surface area (Å²) in [5.74, 6) is 1.65. The molecule has 4 nitrogen and oxygen atoms in total. The number of nitrogens with one attached hydrogen (secondary N) is 1. The third-order valence-corrected chi connectivity index (χ3v) is 3.43.